The molecule has 35 heavy (non-hydrogen) atoms. The molecule has 0 spiro atoms. The third-order valence-corrected chi connectivity index (χ3v) is 6.86. The fourth-order valence-corrected chi connectivity index (χ4v) is 4.32. The summed E-state index contributed by atoms with van der Waals surface area (Å²) in [6, 6.07) is 6.54. The van der Waals surface area contributed by atoms with E-state index in [4.69, 9.17) is 23.1 Å². The lowest BCUT2D eigenvalue weighted by Gasteiger charge is -2.08. The average Bonchev–Trinajstić information content (AvgIpc) is 2.84. The van der Waals surface area contributed by atoms with Crippen LogP contribution in [0.15, 0.2) is 29.2 Å². The summed E-state index contributed by atoms with van der Waals surface area (Å²) in [6.45, 7) is 8.10. The van der Waals surface area contributed by atoms with Crippen molar-refractivity contribution in [1.29, 1.82) is 0 Å². The topological polar surface area (TPSA) is 80.3 Å². The van der Waals surface area contributed by atoms with E-state index < -0.39 is 10.1 Å². The molecular weight excluding hydrogens is 468 g/mol. The van der Waals surface area contributed by atoms with Crippen LogP contribution >= 0.6 is 0 Å². The number of aryl methyl sites for hydroxylation is 1. The summed E-state index contributed by atoms with van der Waals surface area (Å²) >= 11 is 0. The van der Waals surface area contributed by atoms with E-state index in [1.54, 1.807) is 12.1 Å². The quantitative estimate of drug-likeness (QED) is 0.122. The molecule has 7 nitrogen and oxygen atoms in total. The summed E-state index contributed by atoms with van der Waals surface area (Å²) in [5.41, 5.74) is 0.991. The molecule has 0 fully saturated rings. The molecule has 1 aromatic carbocycles. The maximum absolute atomic E-state index is 12.0. The second kappa shape index (κ2) is 22.2. The first-order chi connectivity index (χ1) is 17.1. The summed E-state index contributed by atoms with van der Waals surface area (Å²) < 4.78 is 50.9. The SMILES string of the molecule is CCCCCCCCCCCCOCCOCCOCCOCCOS(=O)(=O)c1ccc(C)cc1. The highest BCUT2D eigenvalue weighted by Crippen LogP contribution is 2.13. The molecule has 8 heteroatoms. The minimum Gasteiger partial charge on any atom is -0.379 e. The Balaban J connectivity index is 1.76. The molecule has 0 aliphatic heterocycles. The third kappa shape index (κ3) is 18.8. The fraction of sp³-hybridized carbons (Fsp3) is 0.778. The summed E-state index contributed by atoms with van der Waals surface area (Å²) in [5, 5.41) is 0. The van der Waals surface area contributed by atoms with Gasteiger partial charge < -0.3 is 18.9 Å². The van der Waals surface area contributed by atoms with Crippen LogP contribution in [-0.4, -0.2) is 67.9 Å². The first-order valence-electron chi connectivity index (χ1n) is 13.3. The largest absolute Gasteiger partial charge is 0.379 e. The van der Waals surface area contributed by atoms with Crippen molar-refractivity contribution in [2.45, 2.75) is 83.0 Å². The lowest BCUT2D eigenvalue weighted by Crippen LogP contribution is -2.15. The molecule has 0 aliphatic rings. The van der Waals surface area contributed by atoms with Crippen molar-refractivity contribution in [3.8, 4) is 0 Å². The molecule has 0 aliphatic carbocycles. The minimum absolute atomic E-state index is 0.0293. The molecule has 0 radical (unpaired) electrons. The van der Waals surface area contributed by atoms with Crippen LogP contribution in [0.2, 0.25) is 0 Å². The van der Waals surface area contributed by atoms with Gasteiger partial charge in [-0.3, -0.25) is 4.18 Å². The van der Waals surface area contributed by atoms with Crippen LogP contribution in [0.1, 0.15) is 76.7 Å². The van der Waals surface area contributed by atoms with Crippen LogP contribution in [-0.2, 0) is 33.2 Å². The number of hydrogen-bond donors (Lipinski definition) is 0. The molecule has 0 amide bonds. The maximum Gasteiger partial charge on any atom is 0.297 e. The zero-order valence-electron chi connectivity index (χ0n) is 22.0. The molecular formula is C27H48O7S. The highest BCUT2D eigenvalue weighted by Gasteiger charge is 2.14. The molecule has 0 atom stereocenters. The van der Waals surface area contributed by atoms with Gasteiger partial charge in [-0.2, -0.15) is 8.42 Å². The van der Waals surface area contributed by atoms with E-state index in [9.17, 15) is 8.42 Å². The predicted molar refractivity (Wildman–Crippen MR) is 139 cm³/mol. The van der Waals surface area contributed by atoms with Gasteiger partial charge in [0, 0.05) is 6.61 Å². The van der Waals surface area contributed by atoms with Gasteiger partial charge in [0.1, 0.15) is 0 Å². The van der Waals surface area contributed by atoms with Gasteiger partial charge in [-0.05, 0) is 25.5 Å². The Hall–Kier alpha value is -1.03. The van der Waals surface area contributed by atoms with Crippen LogP contribution in [0.25, 0.3) is 0 Å². The van der Waals surface area contributed by atoms with Gasteiger partial charge in [-0.1, -0.05) is 82.4 Å². The Bertz CT molecular complexity index is 692. The van der Waals surface area contributed by atoms with Crippen LogP contribution < -0.4 is 0 Å². The molecule has 0 saturated heterocycles. The predicted octanol–water partition coefficient (Wildman–Crippen LogP) is 5.69. The molecule has 1 rings (SSSR count). The number of hydrogen-bond acceptors (Lipinski definition) is 7. The van der Waals surface area contributed by atoms with E-state index in [0.29, 0.717) is 39.6 Å². The molecule has 1 aromatic rings. The molecule has 0 bridgehead atoms. The first kappa shape index (κ1) is 32.0. The Morgan fingerprint density at radius 2 is 0.943 bits per heavy atom. The Kier molecular flexibility index (Phi) is 20.3. The van der Waals surface area contributed by atoms with Crippen molar-refractivity contribution in [1.82, 2.24) is 0 Å². The van der Waals surface area contributed by atoms with E-state index in [2.05, 4.69) is 6.92 Å². The van der Waals surface area contributed by atoms with E-state index in [0.717, 1.165) is 18.6 Å². The van der Waals surface area contributed by atoms with Gasteiger partial charge in [0.25, 0.3) is 10.1 Å². The molecule has 0 aromatic heterocycles. The van der Waals surface area contributed by atoms with Crippen molar-refractivity contribution >= 4 is 10.1 Å². The first-order valence-corrected chi connectivity index (χ1v) is 14.7. The second-order valence-electron chi connectivity index (χ2n) is 8.72. The third-order valence-electron chi connectivity index (χ3n) is 5.53. The van der Waals surface area contributed by atoms with Crippen molar-refractivity contribution in [3.05, 3.63) is 29.8 Å². The van der Waals surface area contributed by atoms with Crippen molar-refractivity contribution in [2.75, 3.05) is 59.5 Å². The van der Waals surface area contributed by atoms with Gasteiger partial charge in [-0.15, -0.1) is 0 Å². The van der Waals surface area contributed by atoms with Crippen molar-refractivity contribution in [2.24, 2.45) is 0 Å². The zero-order chi connectivity index (χ0) is 25.5. The second-order valence-corrected chi connectivity index (χ2v) is 10.3. The summed E-state index contributed by atoms with van der Waals surface area (Å²) in [7, 11) is -3.74. The number of unbranched alkanes of at least 4 members (excludes halogenated alkanes) is 9. The standard InChI is InChI=1S/C27H48O7S/c1-3-4-5-6-7-8-9-10-11-12-17-30-18-19-31-20-21-32-22-23-33-24-25-34-35(28,29)27-15-13-26(2)14-16-27/h13-16H,3-12,17-25H2,1-2H3. The highest BCUT2D eigenvalue weighted by atomic mass is 32.2. The summed E-state index contributed by atoms with van der Waals surface area (Å²) in [4.78, 5) is 0.149. The summed E-state index contributed by atoms with van der Waals surface area (Å²) in [6.07, 6.45) is 13.3. The number of ether oxygens (including phenoxy) is 4. The molecule has 0 saturated carbocycles. The van der Waals surface area contributed by atoms with Gasteiger partial charge >= 0.3 is 0 Å². The average molecular weight is 517 g/mol. The highest BCUT2D eigenvalue weighted by molar-refractivity contribution is 7.86. The summed E-state index contributed by atoms with van der Waals surface area (Å²) in [5.74, 6) is 0. The van der Waals surface area contributed by atoms with Crippen molar-refractivity contribution < 1.29 is 31.5 Å². The molecule has 204 valence electrons. The smallest absolute Gasteiger partial charge is 0.297 e. The lowest BCUT2D eigenvalue weighted by atomic mass is 10.1. The normalized spacial score (nSPS) is 11.8. The van der Waals surface area contributed by atoms with Crippen molar-refractivity contribution in [3.63, 3.8) is 0 Å². The van der Waals surface area contributed by atoms with E-state index in [-0.39, 0.29) is 18.1 Å². The lowest BCUT2D eigenvalue weighted by molar-refractivity contribution is -0.00468. The number of benzene rings is 1. The molecule has 0 N–H and O–H groups in total. The van der Waals surface area contributed by atoms with Gasteiger partial charge in [0.2, 0.25) is 0 Å². The zero-order valence-corrected chi connectivity index (χ0v) is 22.8. The fourth-order valence-electron chi connectivity index (χ4n) is 3.43. The van der Waals surface area contributed by atoms with Crippen LogP contribution in [0.5, 0.6) is 0 Å². The maximum atomic E-state index is 12.0. The monoisotopic (exact) mass is 516 g/mol. The Labute approximate surface area is 213 Å². The van der Waals surface area contributed by atoms with Crippen LogP contribution in [0, 0.1) is 6.92 Å². The van der Waals surface area contributed by atoms with Gasteiger partial charge in [-0.25, -0.2) is 0 Å². The van der Waals surface area contributed by atoms with E-state index >= 15 is 0 Å². The van der Waals surface area contributed by atoms with E-state index in [1.165, 1.54) is 69.9 Å². The Morgan fingerprint density at radius 3 is 1.43 bits per heavy atom. The minimum atomic E-state index is -3.74. The molecule has 0 unspecified atom stereocenters. The van der Waals surface area contributed by atoms with Gasteiger partial charge in [0.05, 0.1) is 57.8 Å². The van der Waals surface area contributed by atoms with Crippen LogP contribution in [0.3, 0.4) is 0 Å². The number of rotatable bonds is 25. The molecule has 0 heterocycles. The Morgan fingerprint density at radius 1 is 0.543 bits per heavy atom. The van der Waals surface area contributed by atoms with E-state index in [1.807, 2.05) is 6.92 Å². The van der Waals surface area contributed by atoms with Gasteiger partial charge in [0.15, 0.2) is 0 Å². The van der Waals surface area contributed by atoms with Crippen LogP contribution in [0.4, 0.5) is 0 Å².